The second-order valence-electron chi connectivity index (χ2n) is 6.62. The zero-order valence-corrected chi connectivity index (χ0v) is 19.2. The zero-order chi connectivity index (χ0) is 20.4. The molecule has 4 nitrogen and oxygen atoms in total. The Morgan fingerprint density at radius 3 is 2.64 bits per heavy atom. The van der Waals surface area contributed by atoms with Crippen LogP contribution >= 0.6 is 27.3 Å². The molecule has 0 amide bonds. The monoisotopic (exact) mass is 461 g/mol. The number of thiophene rings is 1. The van der Waals surface area contributed by atoms with Crippen LogP contribution in [0.25, 0.3) is 21.3 Å². The van der Waals surface area contributed by atoms with Crippen LogP contribution < -0.4 is 4.74 Å². The van der Waals surface area contributed by atoms with Crippen LogP contribution in [-0.4, -0.2) is 30.0 Å². The molecule has 2 aromatic heterocycles. The Hall–Kier alpha value is -1.92. The maximum atomic E-state index is 12.4. The highest BCUT2D eigenvalue weighted by molar-refractivity contribution is 9.09. The van der Waals surface area contributed by atoms with E-state index >= 15 is 0 Å². The van der Waals surface area contributed by atoms with E-state index in [0.717, 1.165) is 49.5 Å². The van der Waals surface area contributed by atoms with Crippen molar-refractivity contribution in [2.75, 3.05) is 19.0 Å². The lowest BCUT2D eigenvalue weighted by Crippen LogP contribution is -2.04. The number of aromatic nitrogens is 1. The number of fused-ring (bicyclic) bond motifs is 1. The normalized spacial score (nSPS) is 11.1. The maximum Gasteiger partial charge on any atom is 0.341 e. The predicted octanol–water partition coefficient (Wildman–Crippen LogP) is 6.01. The molecule has 0 aliphatic heterocycles. The maximum absolute atomic E-state index is 12.4. The summed E-state index contributed by atoms with van der Waals surface area (Å²) in [4.78, 5) is 18.0. The van der Waals surface area contributed by atoms with Crippen LogP contribution in [0.3, 0.4) is 0 Å². The third kappa shape index (κ3) is 3.67. The molecule has 6 heteroatoms. The molecule has 28 heavy (non-hydrogen) atoms. The summed E-state index contributed by atoms with van der Waals surface area (Å²) in [6, 6.07) is 6.34. The van der Waals surface area contributed by atoms with Crippen molar-refractivity contribution < 1.29 is 14.3 Å². The first-order valence-corrected chi connectivity index (χ1v) is 11.2. The number of rotatable bonds is 6. The van der Waals surface area contributed by atoms with Crippen LogP contribution in [0.1, 0.15) is 39.0 Å². The minimum Gasteiger partial charge on any atom is -0.492 e. The number of ether oxygens (including phenoxy) is 2. The lowest BCUT2D eigenvalue weighted by molar-refractivity contribution is 0.0602. The summed E-state index contributed by atoms with van der Waals surface area (Å²) in [6.07, 6.45) is 0.939. The SMILES string of the molecule is CCc1ccc(OCCBr)c(-c2c(C)c(C)nc3c(C(=O)OC)c(C)sc23)c1. The van der Waals surface area contributed by atoms with E-state index in [4.69, 9.17) is 14.5 Å². The number of hydrogen-bond acceptors (Lipinski definition) is 5. The summed E-state index contributed by atoms with van der Waals surface area (Å²) in [7, 11) is 1.41. The third-order valence-electron chi connectivity index (χ3n) is 4.93. The molecule has 0 saturated carbocycles. The van der Waals surface area contributed by atoms with Crippen LogP contribution in [0.4, 0.5) is 0 Å². The summed E-state index contributed by atoms with van der Waals surface area (Å²) in [6.45, 7) is 8.73. The van der Waals surface area contributed by atoms with Gasteiger partial charge in [-0.1, -0.05) is 28.9 Å². The Balaban J connectivity index is 2.37. The highest BCUT2D eigenvalue weighted by Gasteiger charge is 2.24. The van der Waals surface area contributed by atoms with Gasteiger partial charge in [-0.3, -0.25) is 4.98 Å². The Bertz CT molecular complexity index is 1040. The number of hydrogen-bond donors (Lipinski definition) is 0. The number of methoxy groups -OCH3 is 1. The molecule has 0 spiro atoms. The molecule has 1 aromatic carbocycles. The number of benzene rings is 1. The first-order chi connectivity index (χ1) is 13.4. The first kappa shape index (κ1) is 20.8. The third-order valence-corrected chi connectivity index (χ3v) is 6.36. The molecular formula is C22H24BrNO3S. The minimum absolute atomic E-state index is 0.344. The number of esters is 1. The number of carbonyl (C=O) groups is 1. The molecule has 0 bridgehead atoms. The molecule has 0 aliphatic rings. The number of carbonyl (C=O) groups excluding carboxylic acids is 1. The van der Waals surface area contributed by atoms with Gasteiger partial charge in [-0.15, -0.1) is 11.3 Å². The average Bonchev–Trinajstić information content (AvgIpc) is 3.02. The quantitative estimate of drug-likeness (QED) is 0.333. The van der Waals surface area contributed by atoms with E-state index in [1.807, 2.05) is 19.9 Å². The summed E-state index contributed by atoms with van der Waals surface area (Å²) in [5, 5.41) is 0.760. The van der Waals surface area contributed by atoms with Crippen LogP contribution in [0.5, 0.6) is 5.75 Å². The van der Waals surface area contributed by atoms with Crippen LogP contribution in [0.2, 0.25) is 0 Å². The van der Waals surface area contributed by atoms with Crippen LogP contribution in [0, 0.1) is 20.8 Å². The Morgan fingerprint density at radius 2 is 2.00 bits per heavy atom. The van der Waals surface area contributed by atoms with Gasteiger partial charge in [-0.05, 0) is 50.5 Å². The van der Waals surface area contributed by atoms with E-state index in [1.165, 1.54) is 12.7 Å². The fraction of sp³-hybridized carbons (Fsp3) is 0.364. The van der Waals surface area contributed by atoms with Gasteiger partial charge in [-0.25, -0.2) is 4.79 Å². The van der Waals surface area contributed by atoms with E-state index in [-0.39, 0.29) is 5.97 Å². The van der Waals surface area contributed by atoms with Crippen molar-refractivity contribution in [3.05, 3.63) is 45.5 Å². The molecule has 0 unspecified atom stereocenters. The minimum atomic E-state index is -0.344. The summed E-state index contributed by atoms with van der Waals surface area (Å²) in [5.41, 5.74) is 6.64. The van der Waals surface area contributed by atoms with Gasteiger partial charge < -0.3 is 9.47 Å². The topological polar surface area (TPSA) is 48.4 Å². The molecule has 0 atom stereocenters. The van der Waals surface area contributed by atoms with Crippen molar-refractivity contribution in [1.82, 2.24) is 4.98 Å². The predicted molar refractivity (Wildman–Crippen MR) is 119 cm³/mol. The van der Waals surface area contributed by atoms with Gasteiger partial charge in [0.25, 0.3) is 0 Å². The second-order valence-corrected chi connectivity index (χ2v) is 8.64. The molecule has 0 fully saturated rings. The zero-order valence-electron chi connectivity index (χ0n) is 16.8. The van der Waals surface area contributed by atoms with Gasteiger partial charge in [0.1, 0.15) is 5.75 Å². The lowest BCUT2D eigenvalue weighted by Gasteiger charge is -2.16. The van der Waals surface area contributed by atoms with Crippen molar-refractivity contribution in [2.45, 2.75) is 34.1 Å². The van der Waals surface area contributed by atoms with Gasteiger partial charge in [-0.2, -0.15) is 0 Å². The number of nitrogens with zero attached hydrogens (tertiary/aromatic N) is 1. The Kier molecular flexibility index (Phi) is 6.40. The number of alkyl halides is 1. The molecule has 0 N–H and O–H groups in total. The first-order valence-electron chi connectivity index (χ1n) is 9.23. The smallest absolute Gasteiger partial charge is 0.341 e. The standard InChI is InChI=1S/C22H24BrNO3S/c1-6-15-7-8-17(27-10-9-23)16(11-15)18-12(2)13(3)24-20-19(22(25)26-5)14(4)28-21(18)20/h7-8,11H,6,9-10H2,1-5H3. The van der Waals surface area contributed by atoms with E-state index in [9.17, 15) is 4.79 Å². The van der Waals surface area contributed by atoms with Crippen LogP contribution in [0.15, 0.2) is 18.2 Å². The average molecular weight is 462 g/mol. The van der Waals surface area contributed by atoms with E-state index in [0.29, 0.717) is 17.7 Å². The van der Waals surface area contributed by atoms with Gasteiger partial charge >= 0.3 is 5.97 Å². The van der Waals surface area contributed by atoms with Crippen molar-refractivity contribution >= 4 is 43.5 Å². The molecule has 3 rings (SSSR count). The van der Waals surface area contributed by atoms with E-state index < -0.39 is 0 Å². The number of pyridine rings is 1. The van der Waals surface area contributed by atoms with Gasteiger partial charge in [0.05, 0.1) is 29.5 Å². The molecule has 148 valence electrons. The van der Waals surface area contributed by atoms with Gasteiger partial charge in [0.15, 0.2) is 0 Å². The highest BCUT2D eigenvalue weighted by atomic mass is 79.9. The van der Waals surface area contributed by atoms with E-state index in [1.54, 1.807) is 11.3 Å². The van der Waals surface area contributed by atoms with Crippen molar-refractivity contribution in [3.8, 4) is 16.9 Å². The van der Waals surface area contributed by atoms with E-state index in [2.05, 4.69) is 41.9 Å². The molecule has 0 radical (unpaired) electrons. The summed E-state index contributed by atoms with van der Waals surface area (Å²) in [5.74, 6) is 0.501. The lowest BCUT2D eigenvalue weighted by atomic mass is 9.95. The molecule has 0 aliphatic carbocycles. The Morgan fingerprint density at radius 1 is 1.25 bits per heavy atom. The second kappa shape index (κ2) is 8.62. The van der Waals surface area contributed by atoms with Crippen molar-refractivity contribution in [2.24, 2.45) is 0 Å². The largest absolute Gasteiger partial charge is 0.492 e. The molecule has 0 saturated heterocycles. The van der Waals surface area contributed by atoms with Crippen LogP contribution in [-0.2, 0) is 11.2 Å². The molecule has 3 aromatic rings. The summed E-state index contributed by atoms with van der Waals surface area (Å²) >= 11 is 5.02. The van der Waals surface area contributed by atoms with Crippen molar-refractivity contribution in [3.63, 3.8) is 0 Å². The molecule has 2 heterocycles. The fourth-order valence-electron chi connectivity index (χ4n) is 3.35. The number of aryl methyl sites for hydroxylation is 3. The molecular weight excluding hydrogens is 438 g/mol. The summed E-state index contributed by atoms with van der Waals surface area (Å²) < 4.78 is 12.0. The Labute approximate surface area is 178 Å². The fourth-order valence-corrected chi connectivity index (χ4v) is 4.70. The highest BCUT2D eigenvalue weighted by Crippen LogP contribution is 2.43. The number of halogens is 1. The van der Waals surface area contributed by atoms with Gasteiger partial charge in [0, 0.05) is 27.0 Å². The van der Waals surface area contributed by atoms with Crippen molar-refractivity contribution in [1.29, 1.82) is 0 Å². The van der Waals surface area contributed by atoms with Gasteiger partial charge in [0.2, 0.25) is 0 Å².